The molecule has 1 saturated heterocycles. The molecule has 3 aromatic rings. The van der Waals surface area contributed by atoms with Gasteiger partial charge in [-0.15, -0.1) is 0 Å². The molecule has 1 fully saturated rings. The van der Waals surface area contributed by atoms with Gasteiger partial charge in [0.1, 0.15) is 5.75 Å². The summed E-state index contributed by atoms with van der Waals surface area (Å²) in [4.78, 5) is 46.2. The number of aliphatic hydroxyl groups is 1. The van der Waals surface area contributed by atoms with Gasteiger partial charge in [-0.2, -0.15) is 0 Å². The molecule has 0 radical (unpaired) electrons. The van der Waals surface area contributed by atoms with E-state index in [1.165, 1.54) is 12.3 Å². The zero-order valence-corrected chi connectivity index (χ0v) is 24.7. The van der Waals surface area contributed by atoms with Crippen LogP contribution in [0.2, 0.25) is 0 Å². The van der Waals surface area contributed by atoms with Crippen molar-refractivity contribution < 1.29 is 33.0 Å². The van der Waals surface area contributed by atoms with Crippen LogP contribution in [0, 0.1) is 13.8 Å². The lowest BCUT2D eigenvalue weighted by molar-refractivity contribution is -0.136. The van der Waals surface area contributed by atoms with E-state index in [1.54, 1.807) is 50.2 Å². The van der Waals surface area contributed by atoms with Crippen molar-refractivity contribution >= 4 is 34.3 Å². The van der Waals surface area contributed by atoms with Crippen molar-refractivity contribution in [1.29, 1.82) is 0 Å². The molecule has 0 saturated carbocycles. The maximum Gasteiger partial charge on any atom is 0.267 e. The molecule has 1 aliphatic rings. The quantitative estimate of drug-likeness (QED) is 0.290. The van der Waals surface area contributed by atoms with Crippen molar-refractivity contribution in [3.8, 4) is 5.75 Å². The number of carbonyl (C=O) groups is 3. The van der Waals surface area contributed by atoms with Crippen molar-refractivity contribution in [3.63, 3.8) is 0 Å². The van der Waals surface area contributed by atoms with Gasteiger partial charge in [-0.1, -0.05) is 18.2 Å². The van der Waals surface area contributed by atoms with Gasteiger partial charge in [0.2, 0.25) is 5.91 Å². The Hall–Kier alpha value is -4.16. The van der Waals surface area contributed by atoms with Crippen LogP contribution < -0.4 is 15.4 Å². The summed E-state index contributed by atoms with van der Waals surface area (Å²) in [6.07, 6.45) is -0.530. The number of para-hydroxylation sites is 1. The van der Waals surface area contributed by atoms with Crippen LogP contribution in [-0.2, 0) is 9.59 Å². The molecule has 0 aliphatic carbocycles. The molecule has 10 nitrogen and oxygen atoms in total. The second-order valence-corrected chi connectivity index (χ2v) is 11.1. The number of rotatable bonds is 11. The number of aliphatic hydroxyl groups excluding tert-OH is 1. The molecular weight excluding hydrogens is 560 g/mol. The Morgan fingerprint density at radius 1 is 1.16 bits per heavy atom. The van der Waals surface area contributed by atoms with Crippen LogP contribution in [-0.4, -0.2) is 96.0 Å². The van der Waals surface area contributed by atoms with E-state index < -0.39 is 55.3 Å². The second-order valence-electron chi connectivity index (χ2n) is 11.1. The Labute approximate surface area is 249 Å². The molecule has 2 heterocycles. The average molecular weight is 598 g/mol. The number of ether oxygens (including phenoxy) is 1. The zero-order chi connectivity index (χ0) is 31.3. The highest BCUT2D eigenvalue weighted by atomic mass is 19.3. The van der Waals surface area contributed by atoms with E-state index in [-0.39, 0.29) is 5.56 Å². The minimum atomic E-state index is -3.31. The number of nitrogens with zero attached hydrogens (tertiary/aromatic N) is 3. The number of nitrogens with one attached hydrogen (secondary N) is 2. The van der Waals surface area contributed by atoms with E-state index in [9.17, 15) is 28.3 Å². The first-order valence-electron chi connectivity index (χ1n) is 14.0. The number of halogens is 2. The molecule has 1 unspecified atom stereocenters. The number of benzene rings is 2. The average Bonchev–Trinajstić information content (AvgIpc) is 3.30. The third kappa shape index (κ3) is 7.82. The standard InChI is InChI=1S/C31H37F2N5O5/c1-19-7-5-8-20(2)27(19)36-30(42)28(40)25-16-31(32,33)18-38(25)26(39)17-35-29(41)22-11-12-34-24-10-9-21(15-23(22)24)43-14-6-13-37(3)4/h5,7-12,15,25,28,40H,6,13-14,16-18H2,1-4H3,(H,35,41)(H,36,42)/t25-,28?/m0/s1. The SMILES string of the molecule is Cc1cccc(C)c1NC(=O)C(O)[C@@H]1CC(F)(F)CN1C(=O)CNC(=O)c1ccnc2ccc(OCCCN(C)C)cc12. The van der Waals surface area contributed by atoms with Crippen LogP contribution in [0.1, 0.15) is 34.3 Å². The van der Waals surface area contributed by atoms with E-state index in [1.807, 2.05) is 19.0 Å². The van der Waals surface area contributed by atoms with Gasteiger partial charge in [-0.25, -0.2) is 8.78 Å². The van der Waals surface area contributed by atoms with Gasteiger partial charge in [0, 0.05) is 30.2 Å². The molecule has 4 rings (SSSR count). The van der Waals surface area contributed by atoms with Crippen molar-refractivity contribution in [2.75, 3.05) is 45.7 Å². The number of amides is 3. The van der Waals surface area contributed by atoms with E-state index in [0.29, 0.717) is 28.9 Å². The van der Waals surface area contributed by atoms with Gasteiger partial charge in [0.05, 0.1) is 36.8 Å². The van der Waals surface area contributed by atoms with Crippen LogP contribution in [0.5, 0.6) is 5.75 Å². The highest BCUT2D eigenvalue weighted by Gasteiger charge is 2.51. The number of hydrogen-bond donors (Lipinski definition) is 3. The topological polar surface area (TPSA) is 124 Å². The fraction of sp³-hybridized carbons (Fsp3) is 0.419. The number of aromatic nitrogens is 1. The molecule has 1 aromatic heterocycles. The largest absolute Gasteiger partial charge is 0.494 e. The summed E-state index contributed by atoms with van der Waals surface area (Å²) in [6, 6.07) is 10.5. The van der Waals surface area contributed by atoms with Crippen molar-refractivity contribution in [3.05, 3.63) is 65.4 Å². The summed E-state index contributed by atoms with van der Waals surface area (Å²) in [5.74, 6) is -5.11. The minimum Gasteiger partial charge on any atom is -0.494 e. The van der Waals surface area contributed by atoms with Crippen LogP contribution in [0.15, 0.2) is 48.7 Å². The Kier molecular flexibility index (Phi) is 9.92. The number of anilines is 1. The predicted molar refractivity (Wildman–Crippen MR) is 158 cm³/mol. The molecular formula is C31H37F2N5O5. The molecule has 0 spiro atoms. The molecule has 3 N–H and O–H groups in total. The number of carbonyl (C=O) groups excluding carboxylic acids is 3. The van der Waals surface area contributed by atoms with Crippen molar-refractivity contribution in [2.24, 2.45) is 0 Å². The molecule has 2 atom stereocenters. The van der Waals surface area contributed by atoms with E-state index in [2.05, 4.69) is 15.6 Å². The normalized spacial score (nSPS) is 16.7. The van der Waals surface area contributed by atoms with Crippen LogP contribution >= 0.6 is 0 Å². The van der Waals surface area contributed by atoms with Crippen molar-refractivity contribution in [1.82, 2.24) is 20.1 Å². The number of fused-ring (bicyclic) bond motifs is 1. The third-order valence-electron chi connectivity index (χ3n) is 7.37. The fourth-order valence-electron chi connectivity index (χ4n) is 5.12. The summed E-state index contributed by atoms with van der Waals surface area (Å²) in [5.41, 5.74) is 2.71. The molecule has 230 valence electrons. The maximum absolute atomic E-state index is 14.5. The Bertz CT molecular complexity index is 1480. The number of hydrogen-bond acceptors (Lipinski definition) is 7. The van der Waals surface area contributed by atoms with Crippen LogP contribution in [0.4, 0.5) is 14.5 Å². The lowest BCUT2D eigenvalue weighted by atomic mass is 10.0. The Morgan fingerprint density at radius 2 is 1.88 bits per heavy atom. The highest BCUT2D eigenvalue weighted by molar-refractivity contribution is 6.07. The first-order valence-corrected chi connectivity index (χ1v) is 14.0. The van der Waals surface area contributed by atoms with Gasteiger partial charge in [0.15, 0.2) is 6.10 Å². The zero-order valence-electron chi connectivity index (χ0n) is 24.7. The highest BCUT2D eigenvalue weighted by Crippen LogP contribution is 2.34. The van der Waals surface area contributed by atoms with Gasteiger partial charge >= 0.3 is 0 Å². The predicted octanol–water partition coefficient (Wildman–Crippen LogP) is 3.15. The van der Waals surface area contributed by atoms with Gasteiger partial charge < -0.3 is 30.3 Å². The number of alkyl halides is 2. The van der Waals surface area contributed by atoms with Crippen LogP contribution in [0.3, 0.4) is 0 Å². The molecule has 1 aliphatic heterocycles. The lowest BCUT2D eigenvalue weighted by Gasteiger charge is -2.27. The first kappa shape index (κ1) is 31.8. The van der Waals surface area contributed by atoms with Gasteiger partial charge in [0.25, 0.3) is 17.7 Å². The molecule has 43 heavy (non-hydrogen) atoms. The number of pyridine rings is 1. The lowest BCUT2D eigenvalue weighted by Crippen LogP contribution is -2.50. The van der Waals surface area contributed by atoms with E-state index in [4.69, 9.17) is 4.74 Å². The van der Waals surface area contributed by atoms with Gasteiger partial charge in [-0.05, 0) is 69.8 Å². The Morgan fingerprint density at radius 3 is 2.58 bits per heavy atom. The minimum absolute atomic E-state index is 0.229. The maximum atomic E-state index is 14.5. The summed E-state index contributed by atoms with van der Waals surface area (Å²) < 4.78 is 34.7. The smallest absolute Gasteiger partial charge is 0.267 e. The van der Waals surface area contributed by atoms with Crippen molar-refractivity contribution in [2.45, 2.75) is 44.8 Å². The summed E-state index contributed by atoms with van der Waals surface area (Å²) in [5, 5.41) is 16.4. The molecule has 2 aromatic carbocycles. The number of likely N-dealkylation sites (tertiary alicyclic amines) is 1. The summed E-state index contributed by atoms with van der Waals surface area (Å²) in [6.45, 7) is 3.28. The van der Waals surface area contributed by atoms with E-state index in [0.717, 1.165) is 29.0 Å². The van der Waals surface area contributed by atoms with Crippen LogP contribution in [0.25, 0.3) is 10.9 Å². The Balaban J connectivity index is 1.43. The summed E-state index contributed by atoms with van der Waals surface area (Å²) in [7, 11) is 3.94. The molecule has 3 amide bonds. The molecule has 0 bridgehead atoms. The first-order chi connectivity index (χ1) is 20.4. The summed E-state index contributed by atoms with van der Waals surface area (Å²) >= 11 is 0. The second kappa shape index (κ2) is 13.4. The number of aryl methyl sites for hydroxylation is 2. The van der Waals surface area contributed by atoms with Gasteiger partial charge in [-0.3, -0.25) is 19.4 Å². The van der Waals surface area contributed by atoms with E-state index >= 15 is 0 Å². The molecule has 12 heteroatoms. The third-order valence-corrected chi connectivity index (χ3v) is 7.37. The fourth-order valence-corrected chi connectivity index (χ4v) is 5.12. The monoisotopic (exact) mass is 597 g/mol.